The van der Waals surface area contributed by atoms with E-state index in [4.69, 9.17) is 4.74 Å². The molecule has 0 fully saturated rings. The number of carbonyl (C=O) groups excluding carboxylic acids is 1. The third-order valence-electron chi connectivity index (χ3n) is 2.27. The Morgan fingerprint density at radius 3 is 3.00 bits per heavy atom. The van der Waals surface area contributed by atoms with Crippen LogP contribution in [0.3, 0.4) is 0 Å². The molecule has 2 heteroatoms. The third kappa shape index (κ3) is 1.82. The fraction of sp³-hybridized carbons (Fsp3) is 0.667. The van der Waals surface area contributed by atoms with Gasteiger partial charge in [0.05, 0.1) is 0 Å². The first kappa shape index (κ1) is 8.31. The Bertz CT molecular complexity index is 163. The van der Waals surface area contributed by atoms with E-state index < -0.39 is 0 Å². The first-order chi connectivity index (χ1) is 5.33. The highest BCUT2D eigenvalue weighted by molar-refractivity contribution is 5.39. The maximum absolute atomic E-state index is 10.2. The van der Waals surface area contributed by atoms with Crippen LogP contribution in [-0.4, -0.2) is 12.1 Å². The summed E-state index contributed by atoms with van der Waals surface area (Å²) in [5.41, 5.74) is -0.278. The van der Waals surface area contributed by atoms with Gasteiger partial charge in [0.2, 0.25) is 0 Å². The first-order valence-corrected chi connectivity index (χ1v) is 4.12. The number of hydrogen-bond donors (Lipinski definition) is 0. The molecule has 0 aromatic heterocycles. The molecule has 0 aliphatic heterocycles. The van der Waals surface area contributed by atoms with E-state index >= 15 is 0 Å². The van der Waals surface area contributed by atoms with Gasteiger partial charge in [0.25, 0.3) is 6.47 Å². The molecule has 0 radical (unpaired) electrons. The fourth-order valence-electron chi connectivity index (χ4n) is 1.47. The van der Waals surface area contributed by atoms with E-state index in [1.807, 2.05) is 13.0 Å². The number of hydrogen-bond acceptors (Lipinski definition) is 2. The molecule has 62 valence electrons. The Balaban J connectivity index is 2.64. The molecule has 0 aromatic carbocycles. The van der Waals surface area contributed by atoms with E-state index in [1.54, 1.807) is 0 Å². The van der Waals surface area contributed by atoms with Crippen LogP contribution in [0.5, 0.6) is 0 Å². The molecule has 0 bridgehead atoms. The molecule has 0 saturated heterocycles. The highest BCUT2D eigenvalue weighted by atomic mass is 16.5. The van der Waals surface area contributed by atoms with Gasteiger partial charge in [-0.2, -0.15) is 0 Å². The van der Waals surface area contributed by atoms with E-state index in [9.17, 15) is 4.79 Å². The van der Waals surface area contributed by atoms with Crippen molar-refractivity contribution in [3.63, 3.8) is 0 Å². The number of carbonyl (C=O) groups is 1. The minimum Gasteiger partial charge on any atom is -0.457 e. The highest BCUT2D eigenvalue weighted by Gasteiger charge is 2.27. The van der Waals surface area contributed by atoms with Crippen molar-refractivity contribution >= 4 is 6.47 Å². The second-order valence-electron chi connectivity index (χ2n) is 2.93. The average molecular weight is 154 g/mol. The van der Waals surface area contributed by atoms with Crippen LogP contribution in [0.25, 0.3) is 0 Å². The normalized spacial score (nSPS) is 29.9. The number of ether oxygens (including phenoxy) is 1. The lowest BCUT2D eigenvalue weighted by Crippen LogP contribution is -2.30. The third-order valence-corrected chi connectivity index (χ3v) is 2.27. The highest BCUT2D eigenvalue weighted by Crippen LogP contribution is 2.28. The molecule has 1 aliphatic carbocycles. The molecule has 0 N–H and O–H groups in total. The summed E-state index contributed by atoms with van der Waals surface area (Å²) in [4.78, 5) is 10.2. The van der Waals surface area contributed by atoms with Gasteiger partial charge in [-0.1, -0.05) is 13.0 Å². The van der Waals surface area contributed by atoms with Gasteiger partial charge in [0, 0.05) is 0 Å². The quantitative estimate of drug-likeness (QED) is 0.459. The summed E-state index contributed by atoms with van der Waals surface area (Å²) in [5.74, 6) is 0. The van der Waals surface area contributed by atoms with Crippen LogP contribution >= 0.6 is 0 Å². The molecule has 1 aliphatic rings. The smallest absolute Gasteiger partial charge is 0.293 e. The largest absolute Gasteiger partial charge is 0.457 e. The molecule has 1 atom stereocenters. The van der Waals surface area contributed by atoms with Gasteiger partial charge in [-0.3, -0.25) is 4.79 Å². The summed E-state index contributed by atoms with van der Waals surface area (Å²) in [5, 5.41) is 0. The molecule has 0 aromatic rings. The Kier molecular flexibility index (Phi) is 2.69. The van der Waals surface area contributed by atoms with Gasteiger partial charge in [-0.05, 0) is 31.8 Å². The monoisotopic (exact) mass is 154 g/mol. The molecule has 11 heavy (non-hydrogen) atoms. The predicted octanol–water partition coefficient (Wildman–Crippen LogP) is 2.05. The zero-order valence-electron chi connectivity index (χ0n) is 6.88. The number of rotatable bonds is 3. The fourth-order valence-corrected chi connectivity index (χ4v) is 1.47. The summed E-state index contributed by atoms with van der Waals surface area (Å²) in [6.45, 7) is 2.60. The molecule has 1 rings (SSSR count). The van der Waals surface area contributed by atoms with Crippen molar-refractivity contribution in [3.8, 4) is 0 Å². The molecule has 1 unspecified atom stereocenters. The summed E-state index contributed by atoms with van der Waals surface area (Å²) in [7, 11) is 0. The summed E-state index contributed by atoms with van der Waals surface area (Å²) in [6, 6.07) is 0. The Morgan fingerprint density at radius 1 is 1.73 bits per heavy atom. The first-order valence-electron chi connectivity index (χ1n) is 4.12. The Morgan fingerprint density at radius 2 is 2.55 bits per heavy atom. The second kappa shape index (κ2) is 3.56. The van der Waals surface area contributed by atoms with Crippen LogP contribution < -0.4 is 0 Å². The molecule has 0 spiro atoms. The zero-order chi connectivity index (χ0) is 8.16. The van der Waals surface area contributed by atoms with Crippen LogP contribution in [0.15, 0.2) is 12.2 Å². The topological polar surface area (TPSA) is 26.3 Å². The molecule has 2 nitrogen and oxygen atoms in total. The van der Waals surface area contributed by atoms with E-state index in [0.29, 0.717) is 6.47 Å². The molecule has 0 saturated carbocycles. The summed E-state index contributed by atoms with van der Waals surface area (Å²) in [6.07, 6.45) is 8.20. The van der Waals surface area contributed by atoms with Gasteiger partial charge in [0.15, 0.2) is 0 Å². The van der Waals surface area contributed by atoms with Crippen LogP contribution in [0, 0.1) is 0 Å². The van der Waals surface area contributed by atoms with Gasteiger partial charge in [0.1, 0.15) is 5.60 Å². The van der Waals surface area contributed by atoms with Gasteiger partial charge >= 0.3 is 0 Å². The van der Waals surface area contributed by atoms with E-state index in [1.165, 1.54) is 0 Å². The van der Waals surface area contributed by atoms with Gasteiger partial charge in [-0.25, -0.2) is 0 Å². The lowest BCUT2D eigenvalue weighted by molar-refractivity contribution is -0.140. The lowest BCUT2D eigenvalue weighted by Gasteiger charge is -2.29. The summed E-state index contributed by atoms with van der Waals surface area (Å²) >= 11 is 0. The Hall–Kier alpha value is -0.790. The SMILES string of the molecule is CCC1(OC=O)C=CCCC1. The van der Waals surface area contributed by atoms with Gasteiger partial charge in [-0.15, -0.1) is 0 Å². The van der Waals surface area contributed by atoms with Crippen LogP contribution in [0.2, 0.25) is 0 Å². The van der Waals surface area contributed by atoms with E-state index in [0.717, 1.165) is 25.7 Å². The molecular formula is C9H14O2. The lowest BCUT2D eigenvalue weighted by atomic mass is 9.89. The standard InChI is InChI=1S/C9H14O2/c1-2-9(11-8-10)6-4-3-5-7-9/h4,6,8H,2-3,5,7H2,1H3. The van der Waals surface area contributed by atoms with E-state index in [-0.39, 0.29) is 5.60 Å². The molecular weight excluding hydrogens is 140 g/mol. The predicted molar refractivity (Wildman–Crippen MR) is 43.2 cm³/mol. The van der Waals surface area contributed by atoms with Crippen molar-refractivity contribution in [2.24, 2.45) is 0 Å². The molecule has 0 amide bonds. The van der Waals surface area contributed by atoms with Crippen molar-refractivity contribution in [1.82, 2.24) is 0 Å². The van der Waals surface area contributed by atoms with Crippen molar-refractivity contribution in [2.45, 2.75) is 38.2 Å². The van der Waals surface area contributed by atoms with E-state index in [2.05, 4.69) is 6.08 Å². The molecule has 0 heterocycles. The zero-order valence-corrected chi connectivity index (χ0v) is 6.88. The minimum absolute atomic E-state index is 0.278. The second-order valence-corrected chi connectivity index (χ2v) is 2.93. The van der Waals surface area contributed by atoms with Crippen molar-refractivity contribution in [2.75, 3.05) is 0 Å². The minimum atomic E-state index is -0.278. The van der Waals surface area contributed by atoms with Crippen molar-refractivity contribution in [1.29, 1.82) is 0 Å². The maximum Gasteiger partial charge on any atom is 0.293 e. The van der Waals surface area contributed by atoms with Crippen LogP contribution in [-0.2, 0) is 9.53 Å². The van der Waals surface area contributed by atoms with Crippen molar-refractivity contribution < 1.29 is 9.53 Å². The van der Waals surface area contributed by atoms with Crippen LogP contribution in [0.1, 0.15) is 32.6 Å². The average Bonchev–Trinajstić information content (AvgIpc) is 2.07. The van der Waals surface area contributed by atoms with Gasteiger partial charge < -0.3 is 4.74 Å². The summed E-state index contributed by atoms with van der Waals surface area (Å²) < 4.78 is 5.05. The number of allylic oxidation sites excluding steroid dienone is 1. The van der Waals surface area contributed by atoms with Crippen LogP contribution in [0.4, 0.5) is 0 Å². The maximum atomic E-state index is 10.2. The Labute approximate surface area is 67.2 Å². The van der Waals surface area contributed by atoms with Crippen molar-refractivity contribution in [3.05, 3.63) is 12.2 Å².